The van der Waals surface area contributed by atoms with Crippen LogP contribution in [0.25, 0.3) is 10.3 Å². The molecule has 1 amide bonds. The number of thiazole rings is 1. The second-order valence-electron chi connectivity index (χ2n) is 10.1. The van der Waals surface area contributed by atoms with Gasteiger partial charge in [0, 0.05) is 12.3 Å². The van der Waals surface area contributed by atoms with E-state index in [1.165, 1.54) is 16.9 Å². The Kier molecular flexibility index (Phi) is 7.52. The molecule has 7 nitrogen and oxygen atoms in total. The number of aromatic nitrogens is 2. The molecule has 3 aromatic rings. The zero-order chi connectivity index (χ0) is 25.2. The fourth-order valence-corrected chi connectivity index (χ4v) is 5.46. The van der Waals surface area contributed by atoms with Crippen molar-refractivity contribution in [2.45, 2.75) is 59.4 Å². The molecule has 186 valence electrons. The van der Waals surface area contributed by atoms with Gasteiger partial charge in [-0.1, -0.05) is 44.2 Å². The summed E-state index contributed by atoms with van der Waals surface area (Å²) in [6.07, 6.45) is 3.36. The molecule has 1 aromatic carbocycles. The van der Waals surface area contributed by atoms with E-state index in [1.54, 1.807) is 25.1 Å². The molecule has 0 saturated heterocycles. The van der Waals surface area contributed by atoms with E-state index >= 15 is 0 Å². The largest absolute Gasteiger partial charge is 0.462 e. The summed E-state index contributed by atoms with van der Waals surface area (Å²) in [5, 5.41) is 12.9. The van der Waals surface area contributed by atoms with Crippen molar-refractivity contribution in [2.24, 2.45) is 11.3 Å². The van der Waals surface area contributed by atoms with Crippen LogP contribution in [0.2, 0.25) is 0 Å². The normalized spacial score (nSPS) is 16.5. The first-order chi connectivity index (χ1) is 16.7. The van der Waals surface area contributed by atoms with E-state index in [4.69, 9.17) is 9.72 Å². The first-order valence-electron chi connectivity index (χ1n) is 12.2. The first kappa shape index (κ1) is 25.3. The van der Waals surface area contributed by atoms with Crippen LogP contribution in [0.5, 0.6) is 0 Å². The Bertz CT molecular complexity index is 1230. The van der Waals surface area contributed by atoms with Gasteiger partial charge in [-0.05, 0) is 73.3 Å². The standard InChI is InChI=1S/C27H33N3O4S/c1-5-34-26(33)17-8-6-7-16(13-17)21(11-12-31)28-23(32)25-30-22-15-18-14-19(27(2,3)4)9-10-20(18)29-24(22)35-25/h6-8,13,15,19,21,31H,5,9-12,14H2,1-4H3,(H,28,32)/t19-,21?/m0/s1. The van der Waals surface area contributed by atoms with Gasteiger partial charge in [0.25, 0.3) is 5.91 Å². The molecule has 0 spiro atoms. The van der Waals surface area contributed by atoms with Crippen molar-refractivity contribution in [3.05, 3.63) is 57.7 Å². The first-order valence-corrected chi connectivity index (χ1v) is 13.0. The molecule has 1 aliphatic rings. The lowest BCUT2D eigenvalue weighted by atomic mass is 9.71. The van der Waals surface area contributed by atoms with E-state index in [0.717, 1.165) is 40.9 Å². The van der Waals surface area contributed by atoms with Crippen molar-refractivity contribution >= 4 is 33.6 Å². The number of pyridine rings is 1. The number of amides is 1. The van der Waals surface area contributed by atoms with Gasteiger partial charge >= 0.3 is 5.97 Å². The van der Waals surface area contributed by atoms with Gasteiger partial charge in [-0.3, -0.25) is 4.79 Å². The van der Waals surface area contributed by atoms with Crippen LogP contribution in [-0.2, 0) is 17.6 Å². The predicted octanol–water partition coefficient (Wildman–Crippen LogP) is 4.87. The summed E-state index contributed by atoms with van der Waals surface area (Å²) >= 11 is 1.28. The lowest BCUT2D eigenvalue weighted by Gasteiger charge is -2.34. The molecule has 2 aromatic heterocycles. The van der Waals surface area contributed by atoms with E-state index in [-0.39, 0.29) is 24.5 Å². The fraction of sp³-hybridized carbons (Fsp3) is 0.481. The Balaban J connectivity index is 1.55. The number of aliphatic hydroxyl groups excluding tert-OH is 1. The lowest BCUT2D eigenvalue weighted by molar-refractivity contribution is 0.0526. The third kappa shape index (κ3) is 5.70. The number of fused-ring (bicyclic) bond motifs is 2. The summed E-state index contributed by atoms with van der Waals surface area (Å²) in [5.74, 6) is -0.142. The van der Waals surface area contributed by atoms with Gasteiger partial charge in [-0.15, -0.1) is 0 Å². The summed E-state index contributed by atoms with van der Waals surface area (Å²) in [5.41, 5.74) is 4.46. The van der Waals surface area contributed by atoms with E-state index in [1.807, 2.05) is 6.07 Å². The van der Waals surface area contributed by atoms with Gasteiger partial charge in [0.15, 0.2) is 5.01 Å². The van der Waals surface area contributed by atoms with Crippen LogP contribution in [0.15, 0.2) is 30.3 Å². The van der Waals surface area contributed by atoms with E-state index in [2.05, 4.69) is 37.1 Å². The van der Waals surface area contributed by atoms with Gasteiger partial charge < -0.3 is 15.2 Å². The molecule has 0 fully saturated rings. The van der Waals surface area contributed by atoms with Crippen LogP contribution < -0.4 is 5.32 Å². The minimum Gasteiger partial charge on any atom is -0.462 e. The summed E-state index contributed by atoms with van der Waals surface area (Å²) in [7, 11) is 0. The minimum atomic E-state index is -0.470. The van der Waals surface area contributed by atoms with Crippen LogP contribution >= 0.6 is 11.3 Å². The van der Waals surface area contributed by atoms with Crippen LogP contribution in [0.1, 0.15) is 83.6 Å². The highest BCUT2D eigenvalue weighted by molar-refractivity contribution is 7.19. The molecule has 1 unspecified atom stereocenters. The number of aryl methyl sites for hydroxylation is 1. The predicted molar refractivity (Wildman–Crippen MR) is 137 cm³/mol. The number of carbonyl (C=O) groups is 2. The Hall–Kier alpha value is -2.84. The topological polar surface area (TPSA) is 101 Å². The molecule has 4 rings (SSSR count). The lowest BCUT2D eigenvalue weighted by Crippen LogP contribution is -2.29. The van der Waals surface area contributed by atoms with E-state index < -0.39 is 12.0 Å². The van der Waals surface area contributed by atoms with Crippen molar-refractivity contribution in [1.29, 1.82) is 0 Å². The Morgan fingerprint density at radius 3 is 2.77 bits per heavy atom. The van der Waals surface area contributed by atoms with Crippen LogP contribution in [0, 0.1) is 11.3 Å². The Morgan fingerprint density at radius 1 is 1.26 bits per heavy atom. The second-order valence-corrected chi connectivity index (χ2v) is 11.1. The van der Waals surface area contributed by atoms with Crippen molar-refractivity contribution in [2.75, 3.05) is 13.2 Å². The Labute approximate surface area is 209 Å². The van der Waals surface area contributed by atoms with E-state index in [9.17, 15) is 14.7 Å². The van der Waals surface area contributed by atoms with Crippen molar-refractivity contribution in [1.82, 2.24) is 15.3 Å². The molecule has 2 N–H and O–H groups in total. The number of hydrogen-bond acceptors (Lipinski definition) is 7. The van der Waals surface area contributed by atoms with Gasteiger partial charge in [0.2, 0.25) is 0 Å². The number of aliphatic hydroxyl groups is 1. The van der Waals surface area contributed by atoms with Crippen LogP contribution in [0.4, 0.5) is 0 Å². The number of hydrogen-bond donors (Lipinski definition) is 2. The summed E-state index contributed by atoms with van der Waals surface area (Å²) < 4.78 is 5.08. The monoisotopic (exact) mass is 495 g/mol. The Morgan fingerprint density at radius 2 is 2.06 bits per heavy atom. The molecular formula is C27H33N3O4S. The zero-order valence-electron chi connectivity index (χ0n) is 20.8. The molecule has 0 saturated carbocycles. The number of ether oxygens (including phenoxy) is 1. The molecule has 0 bridgehead atoms. The summed E-state index contributed by atoms with van der Waals surface area (Å²) in [4.78, 5) is 35.5. The number of carbonyl (C=O) groups excluding carboxylic acids is 2. The van der Waals surface area contributed by atoms with Gasteiger partial charge in [0.05, 0.1) is 18.2 Å². The molecule has 2 heterocycles. The second kappa shape index (κ2) is 10.4. The molecule has 0 radical (unpaired) electrons. The third-order valence-corrected chi connectivity index (χ3v) is 7.65. The average Bonchev–Trinajstić information content (AvgIpc) is 3.24. The molecule has 8 heteroatoms. The summed E-state index contributed by atoms with van der Waals surface area (Å²) in [6, 6.07) is 8.56. The highest BCUT2D eigenvalue weighted by atomic mass is 32.1. The van der Waals surface area contributed by atoms with E-state index in [0.29, 0.717) is 22.9 Å². The number of nitrogens with zero attached hydrogens (tertiary/aromatic N) is 2. The highest BCUT2D eigenvalue weighted by Gasteiger charge is 2.30. The maximum atomic E-state index is 13.1. The smallest absolute Gasteiger partial charge is 0.338 e. The quantitative estimate of drug-likeness (QED) is 0.454. The van der Waals surface area contributed by atoms with Crippen molar-refractivity contribution in [3.8, 4) is 0 Å². The SMILES string of the molecule is CCOC(=O)c1cccc(C(CCO)NC(=O)c2nc3cc4c(nc3s2)CC[C@H](C(C)(C)C)C4)c1. The molecule has 2 atom stereocenters. The highest BCUT2D eigenvalue weighted by Crippen LogP contribution is 2.38. The minimum absolute atomic E-state index is 0.113. The fourth-order valence-electron chi connectivity index (χ4n) is 4.62. The summed E-state index contributed by atoms with van der Waals surface area (Å²) in [6.45, 7) is 8.77. The van der Waals surface area contributed by atoms with Gasteiger partial charge in [-0.25, -0.2) is 14.8 Å². The van der Waals surface area contributed by atoms with Crippen molar-refractivity contribution < 1.29 is 19.4 Å². The number of benzene rings is 1. The molecule has 0 aliphatic heterocycles. The molecule has 35 heavy (non-hydrogen) atoms. The molecule has 1 aliphatic carbocycles. The third-order valence-electron chi connectivity index (χ3n) is 6.69. The number of nitrogens with one attached hydrogen (secondary N) is 1. The average molecular weight is 496 g/mol. The van der Waals surface area contributed by atoms with Gasteiger partial charge in [-0.2, -0.15) is 0 Å². The molecular weight excluding hydrogens is 462 g/mol. The number of esters is 1. The maximum absolute atomic E-state index is 13.1. The van der Waals surface area contributed by atoms with Crippen molar-refractivity contribution in [3.63, 3.8) is 0 Å². The van der Waals surface area contributed by atoms with Gasteiger partial charge in [0.1, 0.15) is 10.3 Å². The van der Waals surface area contributed by atoms with Crippen LogP contribution in [-0.4, -0.2) is 40.2 Å². The number of rotatable bonds is 7. The zero-order valence-corrected chi connectivity index (χ0v) is 21.6. The van der Waals surface area contributed by atoms with Crippen LogP contribution in [0.3, 0.4) is 0 Å². The maximum Gasteiger partial charge on any atom is 0.338 e.